The van der Waals surface area contributed by atoms with E-state index < -0.39 is 17.9 Å². The average molecular weight is 415 g/mol. The van der Waals surface area contributed by atoms with Crippen molar-refractivity contribution in [2.75, 3.05) is 0 Å². The molecule has 0 bridgehead atoms. The van der Waals surface area contributed by atoms with Gasteiger partial charge in [0.1, 0.15) is 6.04 Å². The van der Waals surface area contributed by atoms with Gasteiger partial charge < -0.3 is 10.6 Å². The number of imide groups is 1. The molecule has 1 unspecified atom stereocenters. The summed E-state index contributed by atoms with van der Waals surface area (Å²) in [5.41, 5.74) is 8.83. The summed E-state index contributed by atoms with van der Waals surface area (Å²) in [6, 6.07) is 11.9. The first kappa shape index (κ1) is 20.4. The average Bonchev–Trinajstić information content (AvgIpc) is 3.08. The van der Waals surface area contributed by atoms with Crippen molar-refractivity contribution in [1.29, 1.82) is 0 Å². The summed E-state index contributed by atoms with van der Waals surface area (Å²) in [7, 11) is 0. The number of benzene rings is 2. The van der Waals surface area contributed by atoms with E-state index in [1.807, 2.05) is 18.2 Å². The second kappa shape index (κ2) is 8.44. The van der Waals surface area contributed by atoms with Crippen LogP contribution in [0.2, 0.25) is 0 Å². The van der Waals surface area contributed by atoms with E-state index in [2.05, 4.69) is 17.2 Å². The highest BCUT2D eigenvalue weighted by atomic mass is 16.2. The summed E-state index contributed by atoms with van der Waals surface area (Å²) in [4.78, 5) is 49.5. The number of hydrogen-bond acceptors (Lipinski definition) is 4. The Morgan fingerprint density at radius 1 is 1.13 bits per heavy atom. The molecule has 31 heavy (non-hydrogen) atoms. The number of carbonyl (C=O) groups is 4. The molecule has 2 aliphatic heterocycles. The molecular formula is C24H21N3O4. The highest BCUT2D eigenvalue weighted by molar-refractivity contribution is 6.05. The fourth-order valence-corrected chi connectivity index (χ4v) is 4.04. The minimum absolute atomic E-state index is 0.218. The SMILES string of the molecule is NC(=O)c1ccccc1CCC#Cc1cccc2c1CN(C1CCC(=O)NC1=O)C2=O. The molecule has 1 saturated heterocycles. The molecule has 0 radical (unpaired) electrons. The lowest BCUT2D eigenvalue weighted by Gasteiger charge is -2.29. The van der Waals surface area contributed by atoms with E-state index in [9.17, 15) is 19.2 Å². The second-order valence-electron chi connectivity index (χ2n) is 7.55. The predicted octanol–water partition coefficient (Wildman–Crippen LogP) is 1.53. The van der Waals surface area contributed by atoms with Crippen LogP contribution < -0.4 is 11.1 Å². The molecule has 0 aliphatic carbocycles. The molecule has 2 aromatic carbocycles. The van der Waals surface area contributed by atoms with Gasteiger partial charge in [-0.05, 0) is 42.2 Å². The van der Waals surface area contributed by atoms with Gasteiger partial charge in [0, 0.05) is 36.1 Å². The van der Waals surface area contributed by atoms with E-state index in [1.165, 1.54) is 4.90 Å². The molecule has 7 nitrogen and oxygen atoms in total. The predicted molar refractivity (Wildman–Crippen MR) is 113 cm³/mol. The maximum absolute atomic E-state index is 12.9. The number of carbonyl (C=O) groups excluding carboxylic acids is 4. The van der Waals surface area contributed by atoms with E-state index in [0.717, 1.165) is 16.7 Å². The van der Waals surface area contributed by atoms with Crippen LogP contribution in [0, 0.1) is 11.8 Å². The topological polar surface area (TPSA) is 110 Å². The lowest BCUT2D eigenvalue weighted by Crippen LogP contribution is -2.52. The molecule has 3 N–H and O–H groups in total. The van der Waals surface area contributed by atoms with Gasteiger partial charge in [0.25, 0.3) is 5.91 Å². The van der Waals surface area contributed by atoms with Gasteiger partial charge in [-0.15, -0.1) is 0 Å². The lowest BCUT2D eigenvalue weighted by atomic mass is 10.0. The number of aryl methyl sites for hydroxylation is 1. The molecule has 2 heterocycles. The number of nitrogens with one attached hydrogen (secondary N) is 1. The number of fused-ring (bicyclic) bond motifs is 1. The number of hydrogen-bond donors (Lipinski definition) is 2. The summed E-state index contributed by atoms with van der Waals surface area (Å²) >= 11 is 0. The van der Waals surface area contributed by atoms with Crippen molar-refractivity contribution < 1.29 is 19.2 Å². The van der Waals surface area contributed by atoms with Gasteiger partial charge in [-0.3, -0.25) is 24.5 Å². The number of rotatable bonds is 4. The van der Waals surface area contributed by atoms with Crippen molar-refractivity contribution in [3.05, 3.63) is 70.3 Å². The summed E-state index contributed by atoms with van der Waals surface area (Å²) in [5, 5.41) is 2.31. The second-order valence-corrected chi connectivity index (χ2v) is 7.55. The summed E-state index contributed by atoms with van der Waals surface area (Å²) in [6.07, 6.45) is 1.65. The van der Waals surface area contributed by atoms with Gasteiger partial charge in [0.05, 0.1) is 0 Å². The molecule has 4 amide bonds. The Bertz CT molecular complexity index is 1160. The van der Waals surface area contributed by atoms with Crippen LogP contribution in [0.25, 0.3) is 0 Å². The zero-order chi connectivity index (χ0) is 22.0. The van der Waals surface area contributed by atoms with Crippen LogP contribution in [-0.4, -0.2) is 34.6 Å². The monoisotopic (exact) mass is 415 g/mol. The van der Waals surface area contributed by atoms with Crippen LogP contribution in [0.1, 0.15) is 56.7 Å². The molecule has 0 saturated carbocycles. The van der Waals surface area contributed by atoms with Crippen LogP contribution in [-0.2, 0) is 22.6 Å². The van der Waals surface area contributed by atoms with Crippen molar-refractivity contribution in [3.63, 3.8) is 0 Å². The van der Waals surface area contributed by atoms with Gasteiger partial charge in [-0.25, -0.2) is 0 Å². The normalized spacial score (nSPS) is 17.6. The minimum Gasteiger partial charge on any atom is -0.366 e. The van der Waals surface area contributed by atoms with Gasteiger partial charge in [-0.1, -0.05) is 36.1 Å². The summed E-state index contributed by atoms with van der Waals surface area (Å²) in [6.45, 7) is 0.288. The standard InChI is InChI=1S/C24H21N3O4/c25-22(29)17-10-4-3-7-15(17)6-1-2-8-16-9-5-11-18-19(16)14-27(24(18)31)20-12-13-21(28)26-23(20)30/h3-5,7,9-11,20H,1,6,12-14H2,(H2,25,29)(H,26,28,30). The largest absolute Gasteiger partial charge is 0.366 e. The van der Waals surface area contributed by atoms with Crippen molar-refractivity contribution in [2.45, 2.75) is 38.3 Å². The Morgan fingerprint density at radius 3 is 2.71 bits per heavy atom. The number of piperidine rings is 1. The van der Waals surface area contributed by atoms with Crippen LogP contribution in [0.5, 0.6) is 0 Å². The maximum atomic E-state index is 12.9. The molecule has 2 aromatic rings. The number of amides is 4. The van der Waals surface area contributed by atoms with E-state index in [0.29, 0.717) is 30.4 Å². The zero-order valence-corrected chi connectivity index (χ0v) is 16.8. The van der Waals surface area contributed by atoms with E-state index in [4.69, 9.17) is 5.73 Å². The molecule has 0 spiro atoms. The van der Waals surface area contributed by atoms with E-state index in [1.54, 1.807) is 24.3 Å². The van der Waals surface area contributed by atoms with Crippen molar-refractivity contribution in [1.82, 2.24) is 10.2 Å². The van der Waals surface area contributed by atoms with Crippen LogP contribution in [0.4, 0.5) is 0 Å². The molecule has 0 aromatic heterocycles. The smallest absolute Gasteiger partial charge is 0.255 e. The molecule has 1 atom stereocenters. The van der Waals surface area contributed by atoms with Crippen LogP contribution in [0.3, 0.4) is 0 Å². The molecule has 2 aliphatic rings. The van der Waals surface area contributed by atoms with Crippen LogP contribution >= 0.6 is 0 Å². The lowest BCUT2D eigenvalue weighted by molar-refractivity contribution is -0.136. The highest BCUT2D eigenvalue weighted by Gasteiger charge is 2.39. The third-order valence-electron chi connectivity index (χ3n) is 5.61. The first-order valence-electron chi connectivity index (χ1n) is 10.1. The third-order valence-corrected chi connectivity index (χ3v) is 5.61. The van der Waals surface area contributed by atoms with E-state index >= 15 is 0 Å². The van der Waals surface area contributed by atoms with Crippen LogP contribution in [0.15, 0.2) is 42.5 Å². The van der Waals surface area contributed by atoms with Gasteiger partial charge >= 0.3 is 0 Å². The summed E-state index contributed by atoms with van der Waals surface area (Å²) in [5.74, 6) is 4.82. The van der Waals surface area contributed by atoms with Crippen molar-refractivity contribution in [2.24, 2.45) is 5.73 Å². The fourth-order valence-electron chi connectivity index (χ4n) is 4.04. The number of nitrogens with two attached hydrogens (primary N) is 1. The van der Waals surface area contributed by atoms with Crippen molar-refractivity contribution in [3.8, 4) is 11.8 Å². The molecule has 4 rings (SSSR count). The quantitative estimate of drug-likeness (QED) is 0.583. The Kier molecular flexibility index (Phi) is 5.54. The third kappa shape index (κ3) is 4.05. The Morgan fingerprint density at radius 2 is 1.94 bits per heavy atom. The first-order valence-corrected chi connectivity index (χ1v) is 10.1. The number of primary amides is 1. The van der Waals surface area contributed by atoms with Crippen molar-refractivity contribution >= 4 is 23.6 Å². The van der Waals surface area contributed by atoms with Gasteiger partial charge in [-0.2, -0.15) is 0 Å². The molecular weight excluding hydrogens is 394 g/mol. The maximum Gasteiger partial charge on any atom is 0.255 e. The molecule has 1 fully saturated rings. The Balaban J connectivity index is 1.49. The number of nitrogens with zero attached hydrogens (tertiary/aromatic N) is 1. The van der Waals surface area contributed by atoms with Gasteiger partial charge in [0.2, 0.25) is 17.7 Å². The molecule has 7 heteroatoms. The fraction of sp³-hybridized carbons (Fsp3) is 0.250. The Labute approximate surface area is 179 Å². The zero-order valence-electron chi connectivity index (χ0n) is 16.8. The molecule has 156 valence electrons. The highest BCUT2D eigenvalue weighted by Crippen LogP contribution is 2.29. The summed E-state index contributed by atoms with van der Waals surface area (Å²) < 4.78 is 0. The van der Waals surface area contributed by atoms with Gasteiger partial charge in [0.15, 0.2) is 0 Å². The first-order chi connectivity index (χ1) is 15.0. The Hall–Kier alpha value is -3.92. The van der Waals surface area contributed by atoms with E-state index in [-0.39, 0.29) is 24.8 Å². The minimum atomic E-state index is -0.649.